The van der Waals surface area contributed by atoms with Crippen LogP contribution in [0.4, 0.5) is 0 Å². The summed E-state index contributed by atoms with van der Waals surface area (Å²) in [6.07, 6.45) is 1.81. The molecule has 7 aromatic carbocycles. The number of nitrogens with zero attached hydrogens (tertiary/aromatic N) is 4. The Kier molecular flexibility index (Phi) is 6.11. The van der Waals surface area contributed by atoms with Gasteiger partial charge in [-0.25, -0.2) is 15.0 Å². The summed E-state index contributed by atoms with van der Waals surface area (Å²) in [5.74, 6) is 1.87. The van der Waals surface area contributed by atoms with Crippen LogP contribution in [-0.2, 0) is 0 Å². The summed E-state index contributed by atoms with van der Waals surface area (Å²) in [4.78, 5) is 19.6. The summed E-state index contributed by atoms with van der Waals surface area (Å²) in [6.45, 7) is 0. The number of rotatable bonds is 4. The molecule has 0 bridgehead atoms. The maximum absolute atomic E-state index is 6.53. The standard InChI is InChI=1S/C44H26N4O/c1-2-10-28(11-3-1)42-46-43(29-19-17-27(18-20-29)38-15-8-9-25-45-38)48-44(47-42)30-21-22-32-35-23-24-36-33-13-6-7-16-39(33)49-41(36)40(35)34-14-5-4-12-31(34)37(32)26-30/h1-26H. The van der Waals surface area contributed by atoms with E-state index in [1.54, 1.807) is 0 Å². The van der Waals surface area contributed by atoms with E-state index in [0.29, 0.717) is 17.5 Å². The van der Waals surface area contributed by atoms with Gasteiger partial charge in [0.25, 0.3) is 0 Å². The monoisotopic (exact) mass is 626 g/mol. The smallest absolute Gasteiger partial charge is 0.164 e. The summed E-state index contributed by atoms with van der Waals surface area (Å²) in [5, 5.41) is 9.15. The summed E-state index contributed by atoms with van der Waals surface area (Å²) in [6, 6.07) is 52.0. The number of pyridine rings is 1. The molecule has 0 radical (unpaired) electrons. The molecule has 49 heavy (non-hydrogen) atoms. The van der Waals surface area contributed by atoms with Gasteiger partial charge >= 0.3 is 0 Å². The summed E-state index contributed by atoms with van der Waals surface area (Å²) < 4.78 is 6.53. The predicted molar refractivity (Wildman–Crippen MR) is 199 cm³/mol. The first-order valence-electron chi connectivity index (χ1n) is 16.3. The van der Waals surface area contributed by atoms with Crippen molar-refractivity contribution < 1.29 is 4.42 Å². The zero-order chi connectivity index (χ0) is 32.3. The van der Waals surface area contributed by atoms with Crippen LogP contribution in [0.15, 0.2) is 162 Å². The van der Waals surface area contributed by atoms with Crippen molar-refractivity contribution in [2.24, 2.45) is 0 Å². The minimum Gasteiger partial charge on any atom is -0.455 e. The molecule has 0 unspecified atom stereocenters. The van der Waals surface area contributed by atoms with Crippen molar-refractivity contribution in [3.8, 4) is 45.4 Å². The molecular formula is C44H26N4O. The highest BCUT2D eigenvalue weighted by atomic mass is 16.3. The van der Waals surface area contributed by atoms with E-state index >= 15 is 0 Å². The zero-order valence-electron chi connectivity index (χ0n) is 26.2. The van der Waals surface area contributed by atoms with Gasteiger partial charge in [-0.1, -0.05) is 121 Å². The van der Waals surface area contributed by atoms with Gasteiger partial charge in [0.05, 0.1) is 5.69 Å². The van der Waals surface area contributed by atoms with Gasteiger partial charge in [-0.2, -0.15) is 0 Å². The Balaban J connectivity index is 1.18. The van der Waals surface area contributed by atoms with Gasteiger partial charge in [0.1, 0.15) is 11.2 Å². The lowest BCUT2D eigenvalue weighted by Gasteiger charge is -2.13. The van der Waals surface area contributed by atoms with Crippen LogP contribution in [0.25, 0.3) is 99.7 Å². The Labute approximate surface area is 281 Å². The molecule has 0 amide bonds. The third-order valence-corrected chi connectivity index (χ3v) is 9.37. The van der Waals surface area contributed by atoms with Crippen molar-refractivity contribution in [2.45, 2.75) is 0 Å². The quantitative estimate of drug-likeness (QED) is 0.182. The minimum absolute atomic E-state index is 0.618. The van der Waals surface area contributed by atoms with Crippen molar-refractivity contribution in [1.82, 2.24) is 19.9 Å². The van der Waals surface area contributed by atoms with Crippen molar-refractivity contribution in [1.29, 1.82) is 0 Å². The summed E-state index contributed by atoms with van der Waals surface area (Å²) in [5.41, 5.74) is 6.55. The molecule has 0 aliphatic rings. The number of benzene rings is 7. The molecule has 0 aliphatic heterocycles. The van der Waals surface area contributed by atoms with Crippen LogP contribution in [0.2, 0.25) is 0 Å². The molecule has 0 aliphatic carbocycles. The van der Waals surface area contributed by atoms with Crippen LogP contribution in [0.1, 0.15) is 0 Å². The SMILES string of the molecule is c1ccc(-c2nc(-c3ccc(-c4ccccn4)cc3)nc(-c3ccc4c(c3)c3ccccc3c3c4ccc4c5ccccc5oc43)n2)cc1. The molecule has 0 fully saturated rings. The van der Waals surface area contributed by atoms with E-state index in [-0.39, 0.29) is 0 Å². The Hall–Kier alpha value is -6.72. The normalized spacial score (nSPS) is 11.7. The van der Waals surface area contributed by atoms with E-state index in [9.17, 15) is 0 Å². The molecule has 10 rings (SSSR count). The molecule has 10 aromatic rings. The second-order valence-electron chi connectivity index (χ2n) is 12.2. The third-order valence-electron chi connectivity index (χ3n) is 9.37. The number of hydrogen-bond donors (Lipinski definition) is 0. The van der Waals surface area contributed by atoms with Gasteiger partial charge < -0.3 is 4.42 Å². The lowest BCUT2D eigenvalue weighted by molar-refractivity contribution is 0.673. The number of para-hydroxylation sites is 1. The average Bonchev–Trinajstić information content (AvgIpc) is 3.57. The van der Waals surface area contributed by atoms with E-state index in [1.807, 2.05) is 66.9 Å². The lowest BCUT2D eigenvalue weighted by atomic mass is 9.92. The molecule has 0 spiro atoms. The second-order valence-corrected chi connectivity index (χ2v) is 12.2. The fourth-order valence-corrected chi connectivity index (χ4v) is 7.03. The highest BCUT2D eigenvalue weighted by Gasteiger charge is 2.18. The van der Waals surface area contributed by atoms with Crippen molar-refractivity contribution in [3.63, 3.8) is 0 Å². The van der Waals surface area contributed by atoms with E-state index < -0.39 is 0 Å². The predicted octanol–water partition coefficient (Wildman–Crippen LogP) is 11.3. The molecular weight excluding hydrogens is 601 g/mol. The Morgan fingerprint density at radius 3 is 1.69 bits per heavy atom. The molecule has 3 heterocycles. The number of hydrogen-bond acceptors (Lipinski definition) is 5. The first kappa shape index (κ1) is 27.4. The molecule has 0 atom stereocenters. The van der Waals surface area contributed by atoms with E-state index in [0.717, 1.165) is 82.2 Å². The van der Waals surface area contributed by atoms with Gasteiger partial charge in [0.15, 0.2) is 17.5 Å². The Morgan fingerprint density at radius 1 is 0.367 bits per heavy atom. The molecule has 228 valence electrons. The molecule has 0 saturated carbocycles. The number of aromatic nitrogens is 4. The topological polar surface area (TPSA) is 64.7 Å². The van der Waals surface area contributed by atoms with Crippen LogP contribution in [0.5, 0.6) is 0 Å². The first-order chi connectivity index (χ1) is 24.3. The molecule has 3 aromatic heterocycles. The summed E-state index contributed by atoms with van der Waals surface area (Å²) in [7, 11) is 0. The summed E-state index contributed by atoms with van der Waals surface area (Å²) >= 11 is 0. The van der Waals surface area contributed by atoms with Crippen LogP contribution in [-0.4, -0.2) is 19.9 Å². The Bertz CT molecular complexity index is 2840. The number of fused-ring (bicyclic) bond motifs is 10. The average molecular weight is 627 g/mol. The van der Waals surface area contributed by atoms with E-state index in [2.05, 4.69) is 96.0 Å². The Morgan fingerprint density at radius 2 is 0.918 bits per heavy atom. The number of furan rings is 1. The zero-order valence-corrected chi connectivity index (χ0v) is 26.2. The van der Waals surface area contributed by atoms with Gasteiger partial charge in [-0.15, -0.1) is 0 Å². The highest BCUT2D eigenvalue weighted by Crippen LogP contribution is 2.42. The van der Waals surface area contributed by atoms with Gasteiger partial charge in [0.2, 0.25) is 0 Å². The van der Waals surface area contributed by atoms with Crippen LogP contribution >= 0.6 is 0 Å². The lowest BCUT2D eigenvalue weighted by Crippen LogP contribution is -2.00. The molecule has 5 heteroatoms. The maximum atomic E-state index is 6.53. The maximum Gasteiger partial charge on any atom is 0.164 e. The van der Waals surface area contributed by atoms with Gasteiger partial charge in [-0.05, 0) is 57.3 Å². The molecule has 5 nitrogen and oxygen atoms in total. The van der Waals surface area contributed by atoms with E-state index in [1.165, 1.54) is 0 Å². The van der Waals surface area contributed by atoms with Crippen molar-refractivity contribution in [2.75, 3.05) is 0 Å². The third kappa shape index (κ3) is 4.48. The fraction of sp³-hybridized carbons (Fsp3) is 0. The van der Waals surface area contributed by atoms with E-state index in [4.69, 9.17) is 19.4 Å². The molecule has 0 N–H and O–H groups in total. The van der Waals surface area contributed by atoms with Crippen LogP contribution in [0.3, 0.4) is 0 Å². The fourth-order valence-electron chi connectivity index (χ4n) is 7.03. The van der Waals surface area contributed by atoms with Crippen LogP contribution < -0.4 is 0 Å². The first-order valence-corrected chi connectivity index (χ1v) is 16.3. The van der Waals surface area contributed by atoms with Gasteiger partial charge in [-0.3, -0.25) is 4.98 Å². The van der Waals surface area contributed by atoms with Crippen molar-refractivity contribution >= 4 is 54.3 Å². The molecule has 0 saturated heterocycles. The van der Waals surface area contributed by atoms with Crippen LogP contribution in [0, 0.1) is 0 Å². The van der Waals surface area contributed by atoms with Gasteiger partial charge in [0, 0.05) is 44.6 Å². The minimum atomic E-state index is 0.618. The van der Waals surface area contributed by atoms with Crippen molar-refractivity contribution in [3.05, 3.63) is 158 Å². The second kappa shape index (κ2) is 10.9. The largest absolute Gasteiger partial charge is 0.455 e. The highest BCUT2D eigenvalue weighted by molar-refractivity contribution is 6.32.